The number of nitrogens with one attached hydrogen (secondary N) is 1. The predicted molar refractivity (Wildman–Crippen MR) is 120 cm³/mol. The van der Waals surface area contributed by atoms with E-state index in [9.17, 15) is 9.90 Å². The normalized spacial score (nSPS) is 18.5. The highest BCUT2D eigenvalue weighted by Gasteiger charge is 2.20. The molecule has 0 saturated carbocycles. The first-order valence-corrected chi connectivity index (χ1v) is 10.8. The van der Waals surface area contributed by atoms with E-state index in [1.54, 1.807) is 12.1 Å². The zero-order valence-electron chi connectivity index (χ0n) is 17.6. The SMILES string of the molecule is C=CC(=O)N1CCCC1.Oc1ccccc1-c1cc2c(C3CCCOC3)c[nH]c2nn1. The van der Waals surface area contributed by atoms with Crippen molar-refractivity contribution in [2.45, 2.75) is 31.6 Å². The first-order chi connectivity index (χ1) is 15.2. The summed E-state index contributed by atoms with van der Waals surface area (Å²) in [6.07, 6.45) is 7.90. The van der Waals surface area contributed by atoms with E-state index < -0.39 is 0 Å². The third kappa shape index (κ3) is 4.77. The van der Waals surface area contributed by atoms with E-state index in [2.05, 4.69) is 21.8 Å². The molecule has 0 spiro atoms. The Labute approximate surface area is 181 Å². The molecule has 0 aliphatic carbocycles. The van der Waals surface area contributed by atoms with E-state index in [0.717, 1.165) is 63.0 Å². The van der Waals surface area contributed by atoms with Crippen LogP contribution in [0.15, 0.2) is 49.2 Å². The van der Waals surface area contributed by atoms with E-state index in [-0.39, 0.29) is 11.7 Å². The fourth-order valence-electron chi connectivity index (χ4n) is 4.15. The van der Waals surface area contributed by atoms with Gasteiger partial charge in [-0.15, -0.1) is 10.2 Å². The summed E-state index contributed by atoms with van der Waals surface area (Å²) in [5.74, 6) is 0.686. The molecule has 162 valence electrons. The number of fused-ring (bicyclic) bond motifs is 1. The van der Waals surface area contributed by atoms with Crippen LogP contribution in [0.2, 0.25) is 0 Å². The Morgan fingerprint density at radius 2 is 2.03 bits per heavy atom. The van der Waals surface area contributed by atoms with Gasteiger partial charge in [0.15, 0.2) is 5.65 Å². The minimum atomic E-state index is 0.0764. The Hall–Kier alpha value is -3.19. The summed E-state index contributed by atoms with van der Waals surface area (Å²) in [5.41, 5.74) is 3.38. The molecule has 7 heteroatoms. The fourth-order valence-corrected chi connectivity index (χ4v) is 4.15. The average molecular weight is 421 g/mol. The second-order valence-electron chi connectivity index (χ2n) is 7.90. The molecule has 5 rings (SSSR count). The summed E-state index contributed by atoms with van der Waals surface area (Å²) in [5, 5.41) is 19.5. The van der Waals surface area contributed by atoms with Gasteiger partial charge in [-0.05, 0) is 55.5 Å². The van der Waals surface area contributed by atoms with Gasteiger partial charge in [0, 0.05) is 42.8 Å². The minimum Gasteiger partial charge on any atom is -0.507 e. The number of hydrogen-bond donors (Lipinski definition) is 2. The highest BCUT2D eigenvalue weighted by Crippen LogP contribution is 2.33. The highest BCUT2D eigenvalue weighted by molar-refractivity contribution is 5.87. The molecule has 2 N–H and O–H groups in total. The lowest BCUT2D eigenvalue weighted by Crippen LogP contribution is -2.25. The summed E-state index contributed by atoms with van der Waals surface area (Å²) in [7, 11) is 0. The fraction of sp³-hybridized carbons (Fsp3) is 0.375. The third-order valence-electron chi connectivity index (χ3n) is 5.84. The molecule has 31 heavy (non-hydrogen) atoms. The molecule has 2 aromatic heterocycles. The van der Waals surface area contributed by atoms with Crippen molar-refractivity contribution in [2.24, 2.45) is 0 Å². The lowest BCUT2D eigenvalue weighted by Gasteiger charge is -2.21. The maximum absolute atomic E-state index is 10.8. The topological polar surface area (TPSA) is 91.3 Å². The van der Waals surface area contributed by atoms with Crippen LogP contribution in [0.25, 0.3) is 22.3 Å². The van der Waals surface area contributed by atoms with Crippen molar-refractivity contribution < 1.29 is 14.6 Å². The second-order valence-corrected chi connectivity index (χ2v) is 7.90. The van der Waals surface area contributed by atoms with Crippen molar-refractivity contribution >= 4 is 16.9 Å². The van der Waals surface area contributed by atoms with Crippen LogP contribution in [-0.4, -0.2) is 57.4 Å². The van der Waals surface area contributed by atoms with Crippen LogP contribution < -0.4 is 0 Å². The van der Waals surface area contributed by atoms with Gasteiger partial charge in [-0.25, -0.2) is 0 Å². The number of para-hydroxylation sites is 1. The number of likely N-dealkylation sites (tertiary alicyclic amines) is 1. The van der Waals surface area contributed by atoms with Gasteiger partial charge in [-0.1, -0.05) is 18.7 Å². The molecule has 0 bridgehead atoms. The zero-order valence-corrected chi connectivity index (χ0v) is 17.6. The summed E-state index contributed by atoms with van der Waals surface area (Å²) in [6, 6.07) is 9.19. The number of hydrogen-bond acceptors (Lipinski definition) is 5. The number of aromatic hydroxyl groups is 1. The predicted octanol–water partition coefficient (Wildman–Crippen LogP) is 4.02. The van der Waals surface area contributed by atoms with E-state index >= 15 is 0 Å². The van der Waals surface area contributed by atoms with E-state index in [1.165, 1.54) is 11.6 Å². The maximum atomic E-state index is 10.8. The zero-order chi connectivity index (χ0) is 21.6. The van der Waals surface area contributed by atoms with Gasteiger partial charge in [-0.2, -0.15) is 0 Å². The average Bonchev–Trinajstić information content (AvgIpc) is 3.50. The highest BCUT2D eigenvalue weighted by atomic mass is 16.5. The van der Waals surface area contributed by atoms with Crippen LogP contribution in [0.3, 0.4) is 0 Å². The van der Waals surface area contributed by atoms with Gasteiger partial charge in [0.05, 0.1) is 12.3 Å². The number of amides is 1. The minimum absolute atomic E-state index is 0.0764. The number of carbonyl (C=O) groups excluding carboxylic acids is 1. The number of rotatable bonds is 3. The molecule has 2 fully saturated rings. The van der Waals surface area contributed by atoms with Gasteiger partial charge < -0.3 is 19.7 Å². The third-order valence-corrected chi connectivity index (χ3v) is 5.84. The molecule has 2 saturated heterocycles. The van der Waals surface area contributed by atoms with Crippen molar-refractivity contribution in [3.63, 3.8) is 0 Å². The number of aromatic amines is 1. The van der Waals surface area contributed by atoms with Crippen molar-refractivity contribution in [3.8, 4) is 17.0 Å². The van der Waals surface area contributed by atoms with Crippen molar-refractivity contribution in [1.29, 1.82) is 0 Å². The van der Waals surface area contributed by atoms with E-state index in [0.29, 0.717) is 17.2 Å². The number of nitrogens with zero attached hydrogens (tertiary/aromatic N) is 3. The Morgan fingerprint density at radius 1 is 1.23 bits per heavy atom. The molecule has 2 aliphatic rings. The lowest BCUT2D eigenvalue weighted by atomic mass is 9.93. The standard InChI is InChI=1S/C17H17N3O2.C7H11NO/c21-16-6-2-1-5-12(16)15-8-13-14(9-18-17(13)20-19-15)11-4-3-7-22-10-11;1-2-7(9)8-5-3-4-6-8/h1-2,5-6,8-9,11,21H,3-4,7,10H2,(H,18,20);2H,1,3-6H2. The number of phenols is 1. The molecular formula is C24H28N4O3. The first-order valence-electron chi connectivity index (χ1n) is 10.8. The second kappa shape index (κ2) is 9.75. The summed E-state index contributed by atoms with van der Waals surface area (Å²) < 4.78 is 5.60. The smallest absolute Gasteiger partial charge is 0.245 e. The molecule has 4 heterocycles. The summed E-state index contributed by atoms with van der Waals surface area (Å²) in [6.45, 7) is 6.86. The number of ether oxygens (including phenoxy) is 1. The Bertz CT molecular complexity index is 1050. The van der Waals surface area contributed by atoms with Crippen molar-refractivity contribution in [2.75, 3.05) is 26.3 Å². The maximum Gasteiger partial charge on any atom is 0.245 e. The van der Waals surface area contributed by atoms with Gasteiger partial charge in [0.2, 0.25) is 5.91 Å². The van der Waals surface area contributed by atoms with Gasteiger partial charge in [-0.3, -0.25) is 4.79 Å². The molecule has 1 atom stereocenters. The Morgan fingerprint density at radius 3 is 2.74 bits per heavy atom. The molecule has 7 nitrogen and oxygen atoms in total. The van der Waals surface area contributed by atoms with Crippen LogP contribution in [0.4, 0.5) is 0 Å². The van der Waals surface area contributed by atoms with Crippen LogP contribution in [0.5, 0.6) is 5.75 Å². The molecule has 3 aromatic rings. The molecule has 1 aromatic carbocycles. The van der Waals surface area contributed by atoms with Crippen LogP contribution in [0.1, 0.15) is 37.2 Å². The van der Waals surface area contributed by atoms with E-state index in [4.69, 9.17) is 4.74 Å². The number of carbonyl (C=O) groups is 1. The summed E-state index contributed by atoms with van der Waals surface area (Å²) >= 11 is 0. The number of phenolic OH excluding ortho intramolecular Hbond substituents is 1. The van der Waals surface area contributed by atoms with Crippen molar-refractivity contribution in [1.82, 2.24) is 20.1 Å². The quantitative estimate of drug-likeness (QED) is 0.625. The molecule has 0 radical (unpaired) electrons. The van der Waals surface area contributed by atoms with Gasteiger partial charge in [0.1, 0.15) is 5.75 Å². The lowest BCUT2D eigenvalue weighted by molar-refractivity contribution is -0.124. The number of aromatic nitrogens is 3. The molecular weight excluding hydrogens is 392 g/mol. The van der Waals surface area contributed by atoms with Gasteiger partial charge in [0.25, 0.3) is 0 Å². The molecule has 1 amide bonds. The summed E-state index contributed by atoms with van der Waals surface area (Å²) in [4.78, 5) is 15.8. The Balaban J connectivity index is 0.000000217. The molecule has 2 aliphatic heterocycles. The Kier molecular flexibility index (Phi) is 6.62. The van der Waals surface area contributed by atoms with Crippen LogP contribution >= 0.6 is 0 Å². The largest absolute Gasteiger partial charge is 0.507 e. The number of H-pyrrole nitrogens is 1. The van der Waals surface area contributed by atoms with Crippen LogP contribution in [-0.2, 0) is 9.53 Å². The van der Waals surface area contributed by atoms with Crippen molar-refractivity contribution in [3.05, 3.63) is 54.7 Å². The number of benzene rings is 1. The van der Waals surface area contributed by atoms with E-state index in [1.807, 2.05) is 29.3 Å². The first kappa shape index (κ1) is 21.1. The monoisotopic (exact) mass is 420 g/mol. The molecule has 1 unspecified atom stereocenters. The van der Waals surface area contributed by atoms with Gasteiger partial charge >= 0.3 is 0 Å². The van der Waals surface area contributed by atoms with Crippen LogP contribution in [0, 0.1) is 0 Å².